The molecule has 1 rings (SSSR count). The molecule has 0 spiro atoms. The molecule has 0 saturated carbocycles. The Hall–Kier alpha value is -1.44. The summed E-state index contributed by atoms with van der Waals surface area (Å²) in [5.41, 5.74) is 1.37. The predicted octanol–water partition coefficient (Wildman–Crippen LogP) is 3.08. The SMILES string of the molecule is CC(=N)/N=C/CCCc1ccccc1. The summed E-state index contributed by atoms with van der Waals surface area (Å²) in [6.07, 6.45) is 4.96. The van der Waals surface area contributed by atoms with Gasteiger partial charge in [0.1, 0.15) is 5.84 Å². The van der Waals surface area contributed by atoms with E-state index in [1.54, 1.807) is 6.92 Å². The molecule has 0 aromatic heterocycles. The molecule has 0 atom stereocenters. The summed E-state index contributed by atoms with van der Waals surface area (Å²) in [5.74, 6) is 0.379. The van der Waals surface area contributed by atoms with Crippen LogP contribution in [0.5, 0.6) is 0 Å². The van der Waals surface area contributed by atoms with E-state index in [1.165, 1.54) is 5.56 Å². The molecule has 0 heterocycles. The van der Waals surface area contributed by atoms with Crippen molar-refractivity contribution in [3.63, 3.8) is 0 Å². The van der Waals surface area contributed by atoms with Crippen molar-refractivity contribution in [3.05, 3.63) is 35.9 Å². The minimum Gasteiger partial charge on any atom is -0.287 e. The second-order valence-electron chi connectivity index (χ2n) is 3.27. The van der Waals surface area contributed by atoms with Gasteiger partial charge in [0.25, 0.3) is 0 Å². The molecule has 0 amide bonds. The molecule has 0 radical (unpaired) electrons. The Bertz CT molecular complexity index is 301. The Balaban J connectivity index is 2.19. The highest BCUT2D eigenvalue weighted by molar-refractivity contribution is 5.84. The summed E-state index contributed by atoms with van der Waals surface area (Å²) in [4.78, 5) is 3.91. The van der Waals surface area contributed by atoms with Crippen LogP contribution in [0, 0.1) is 5.41 Å². The van der Waals surface area contributed by atoms with Crippen molar-refractivity contribution in [3.8, 4) is 0 Å². The molecule has 74 valence electrons. The average molecular weight is 188 g/mol. The molecule has 0 bridgehead atoms. The highest BCUT2D eigenvalue weighted by Crippen LogP contribution is 2.03. The maximum absolute atomic E-state index is 7.10. The Kier molecular flexibility index (Phi) is 4.62. The van der Waals surface area contributed by atoms with Gasteiger partial charge >= 0.3 is 0 Å². The second kappa shape index (κ2) is 6.08. The number of hydrogen-bond donors (Lipinski definition) is 1. The lowest BCUT2D eigenvalue weighted by atomic mass is 10.1. The first-order valence-electron chi connectivity index (χ1n) is 4.90. The number of nitrogens with zero attached hydrogens (tertiary/aromatic N) is 1. The van der Waals surface area contributed by atoms with E-state index in [4.69, 9.17) is 5.41 Å². The fourth-order valence-electron chi connectivity index (χ4n) is 1.24. The third-order valence-corrected chi connectivity index (χ3v) is 1.93. The quantitative estimate of drug-likeness (QED) is 0.428. The third-order valence-electron chi connectivity index (χ3n) is 1.93. The van der Waals surface area contributed by atoms with Crippen molar-refractivity contribution in [1.29, 1.82) is 5.41 Å². The molecule has 14 heavy (non-hydrogen) atoms. The van der Waals surface area contributed by atoms with Gasteiger partial charge in [-0.3, -0.25) is 5.41 Å². The van der Waals surface area contributed by atoms with Gasteiger partial charge in [0.2, 0.25) is 0 Å². The summed E-state index contributed by atoms with van der Waals surface area (Å²) in [5, 5.41) is 7.10. The number of unbranched alkanes of at least 4 members (excludes halogenated alkanes) is 1. The Morgan fingerprint density at radius 2 is 2.07 bits per heavy atom. The van der Waals surface area contributed by atoms with Crippen LogP contribution in [0.2, 0.25) is 0 Å². The number of nitrogens with one attached hydrogen (secondary N) is 1. The summed E-state index contributed by atoms with van der Waals surface area (Å²) in [7, 11) is 0. The van der Waals surface area contributed by atoms with Gasteiger partial charge in [-0.1, -0.05) is 30.3 Å². The topological polar surface area (TPSA) is 36.2 Å². The van der Waals surface area contributed by atoms with Crippen LogP contribution < -0.4 is 0 Å². The highest BCUT2D eigenvalue weighted by Gasteiger charge is 1.89. The van der Waals surface area contributed by atoms with E-state index in [0.29, 0.717) is 5.84 Å². The summed E-state index contributed by atoms with van der Waals surface area (Å²) in [6, 6.07) is 10.4. The van der Waals surface area contributed by atoms with E-state index in [1.807, 2.05) is 12.3 Å². The number of amidine groups is 1. The highest BCUT2D eigenvalue weighted by atomic mass is 14.8. The van der Waals surface area contributed by atoms with Crippen LogP contribution in [0.3, 0.4) is 0 Å². The van der Waals surface area contributed by atoms with Crippen molar-refractivity contribution >= 4 is 12.1 Å². The van der Waals surface area contributed by atoms with E-state index < -0.39 is 0 Å². The number of aliphatic imine (C=N–C) groups is 1. The first-order chi connectivity index (χ1) is 6.79. The standard InChI is InChI=1S/C12H16N2/c1-11(13)14-10-6-5-9-12-7-3-2-4-8-12/h2-4,7-8,10,13H,5-6,9H2,1H3/b13-11?,14-10+. The second-order valence-corrected chi connectivity index (χ2v) is 3.27. The van der Waals surface area contributed by atoms with Crippen LogP contribution in [-0.4, -0.2) is 12.1 Å². The fraction of sp³-hybridized carbons (Fsp3) is 0.333. The molecule has 2 nitrogen and oxygen atoms in total. The lowest BCUT2D eigenvalue weighted by Gasteiger charge is -1.97. The van der Waals surface area contributed by atoms with Crippen LogP contribution in [-0.2, 0) is 6.42 Å². The zero-order chi connectivity index (χ0) is 10.2. The molecule has 1 aromatic carbocycles. The molecule has 1 aromatic rings. The van der Waals surface area contributed by atoms with Gasteiger partial charge in [-0.25, -0.2) is 4.99 Å². The monoisotopic (exact) mass is 188 g/mol. The summed E-state index contributed by atoms with van der Waals surface area (Å²) < 4.78 is 0. The van der Waals surface area contributed by atoms with E-state index >= 15 is 0 Å². The molecule has 0 fully saturated rings. The van der Waals surface area contributed by atoms with Crippen LogP contribution in [0.15, 0.2) is 35.3 Å². The molecule has 0 unspecified atom stereocenters. The minimum absolute atomic E-state index is 0.379. The van der Waals surface area contributed by atoms with Crippen LogP contribution in [0.1, 0.15) is 25.3 Å². The van der Waals surface area contributed by atoms with Gasteiger partial charge in [-0.15, -0.1) is 0 Å². The Morgan fingerprint density at radius 1 is 1.36 bits per heavy atom. The zero-order valence-corrected chi connectivity index (χ0v) is 8.53. The van der Waals surface area contributed by atoms with E-state index in [0.717, 1.165) is 19.3 Å². The smallest absolute Gasteiger partial charge is 0.116 e. The van der Waals surface area contributed by atoms with Crippen molar-refractivity contribution in [1.82, 2.24) is 0 Å². The first kappa shape index (κ1) is 10.6. The molecular formula is C12H16N2. The number of rotatable bonds is 4. The molecular weight excluding hydrogens is 172 g/mol. The van der Waals surface area contributed by atoms with E-state index in [2.05, 4.69) is 29.3 Å². The lowest BCUT2D eigenvalue weighted by Crippen LogP contribution is -1.87. The zero-order valence-electron chi connectivity index (χ0n) is 8.53. The van der Waals surface area contributed by atoms with E-state index in [-0.39, 0.29) is 0 Å². The molecule has 0 aliphatic rings. The van der Waals surface area contributed by atoms with Gasteiger partial charge < -0.3 is 0 Å². The van der Waals surface area contributed by atoms with Gasteiger partial charge in [0.15, 0.2) is 0 Å². The molecule has 2 heteroatoms. The van der Waals surface area contributed by atoms with Crippen LogP contribution in [0.25, 0.3) is 0 Å². The number of hydrogen-bond acceptors (Lipinski definition) is 1. The van der Waals surface area contributed by atoms with Crippen molar-refractivity contribution in [2.45, 2.75) is 26.2 Å². The molecule has 0 saturated heterocycles. The summed E-state index contributed by atoms with van der Waals surface area (Å²) >= 11 is 0. The maximum Gasteiger partial charge on any atom is 0.116 e. The first-order valence-corrected chi connectivity index (χ1v) is 4.90. The van der Waals surface area contributed by atoms with Gasteiger partial charge in [0, 0.05) is 6.21 Å². The Morgan fingerprint density at radius 3 is 2.71 bits per heavy atom. The van der Waals surface area contributed by atoms with Gasteiger partial charge in [-0.05, 0) is 31.7 Å². The molecule has 0 aliphatic heterocycles. The fourth-order valence-corrected chi connectivity index (χ4v) is 1.24. The van der Waals surface area contributed by atoms with Crippen molar-refractivity contribution in [2.24, 2.45) is 4.99 Å². The van der Waals surface area contributed by atoms with Crippen molar-refractivity contribution in [2.75, 3.05) is 0 Å². The third kappa shape index (κ3) is 4.55. The normalized spacial score (nSPS) is 10.6. The summed E-state index contributed by atoms with van der Waals surface area (Å²) in [6.45, 7) is 1.69. The largest absolute Gasteiger partial charge is 0.287 e. The molecule has 0 aliphatic carbocycles. The lowest BCUT2D eigenvalue weighted by molar-refractivity contribution is 0.874. The average Bonchev–Trinajstić information content (AvgIpc) is 2.18. The maximum atomic E-state index is 7.10. The minimum atomic E-state index is 0.379. The van der Waals surface area contributed by atoms with Gasteiger partial charge in [0.05, 0.1) is 0 Å². The number of aryl methyl sites for hydroxylation is 1. The van der Waals surface area contributed by atoms with Crippen molar-refractivity contribution < 1.29 is 0 Å². The van der Waals surface area contributed by atoms with E-state index in [9.17, 15) is 0 Å². The van der Waals surface area contributed by atoms with Gasteiger partial charge in [-0.2, -0.15) is 0 Å². The predicted molar refractivity (Wildman–Crippen MR) is 61.3 cm³/mol. The Labute approximate surface area is 85.2 Å². The van der Waals surface area contributed by atoms with Crippen LogP contribution in [0.4, 0.5) is 0 Å². The molecule has 1 N–H and O–H groups in total. The van der Waals surface area contributed by atoms with Crippen LogP contribution >= 0.6 is 0 Å². The number of benzene rings is 1.